The van der Waals surface area contributed by atoms with Crippen LogP contribution in [0.25, 0.3) is 0 Å². The van der Waals surface area contributed by atoms with Crippen LogP contribution in [0.1, 0.15) is 15.9 Å². The second-order valence-corrected chi connectivity index (χ2v) is 8.31. The maximum absolute atomic E-state index is 12.9. The summed E-state index contributed by atoms with van der Waals surface area (Å²) in [7, 11) is -2.39. The zero-order chi connectivity index (χ0) is 21.0. The Morgan fingerprint density at radius 1 is 1.00 bits per heavy atom. The lowest BCUT2D eigenvalue weighted by Gasteiger charge is -2.13. The first kappa shape index (κ1) is 20.7. The van der Waals surface area contributed by atoms with Crippen molar-refractivity contribution in [3.8, 4) is 5.75 Å². The van der Waals surface area contributed by atoms with Crippen LogP contribution in [0.15, 0.2) is 71.6 Å². The number of hydrogen-bond acceptors (Lipinski definition) is 4. The summed E-state index contributed by atoms with van der Waals surface area (Å²) in [5.74, 6) is 0.170. The van der Waals surface area contributed by atoms with Crippen molar-refractivity contribution in [1.82, 2.24) is 0 Å². The van der Waals surface area contributed by atoms with Crippen LogP contribution in [0.3, 0.4) is 0 Å². The number of anilines is 2. The van der Waals surface area contributed by atoms with E-state index >= 15 is 0 Å². The molecule has 0 saturated heterocycles. The van der Waals surface area contributed by atoms with E-state index < -0.39 is 10.0 Å². The van der Waals surface area contributed by atoms with E-state index in [-0.39, 0.29) is 21.5 Å². The van der Waals surface area contributed by atoms with Crippen molar-refractivity contribution >= 4 is 38.9 Å². The molecule has 150 valence electrons. The van der Waals surface area contributed by atoms with Gasteiger partial charge in [0.25, 0.3) is 15.9 Å². The summed E-state index contributed by atoms with van der Waals surface area (Å²) in [5.41, 5.74) is 1.55. The van der Waals surface area contributed by atoms with E-state index in [9.17, 15) is 13.2 Å². The molecule has 3 rings (SSSR count). The monoisotopic (exact) mass is 430 g/mol. The molecule has 2 N–H and O–H groups in total. The lowest BCUT2D eigenvalue weighted by Crippen LogP contribution is -2.16. The molecule has 3 aromatic carbocycles. The summed E-state index contributed by atoms with van der Waals surface area (Å²) in [4.78, 5) is 12.6. The van der Waals surface area contributed by atoms with Gasteiger partial charge < -0.3 is 10.1 Å². The average Bonchev–Trinajstić information content (AvgIpc) is 2.71. The van der Waals surface area contributed by atoms with Crippen molar-refractivity contribution in [2.24, 2.45) is 0 Å². The second-order valence-electron chi connectivity index (χ2n) is 6.25. The van der Waals surface area contributed by atoms with Crippen LogP contribution < -0.4 is 14.8 Å². The van der Waals surface area contributed by atoms with E-state index in [2.05, 4.69) is 10.0 Å². The molecule has 0 aliphatic rings. The Labute approximate surface area is 174 Å². The zero-order valence-electron chi connectivity index (χ0n) is 15.8. The zero-order valence-corrected chi connectivity index (χ0v) is 17.3. The molecule has 0 unspecified atom stereocenters. The molecule has 0 aliphatic heterocycles. The number of hydrogen-bond donors (Lipinski definition) is 2. The molecule has 0 bridgehead atoms. The molecule has 0 radical (unpaired) electrons. The summed E-state index contributed by atoms with van der Waals surface area (Å²) in [5, 5.41) is 3.00. The first-order chi connectivity index (χ1) is 13.8. The Kier molecular flexibility index (Phi) is 6.10. The first-order valence-corrected chi connectivity index (χ1v) is 10.5. The van der Waals surface area contributed by atoms with Gasteiger partial charge >= 0.3 is 0 Å². The van der Waals surface area contributed by atoms with E-state index in [0.717, 1.165) is 0 Å². The minimum Gasteiger partial charge on any atom is -0.497 e. The van der Waals surface area contributed by atoms with Gasteiger partial charge in [-0.3, -0.25) is 9.52 Å². The number of carbonyl (C=O) groups excluding carboxylic acids is 1. The van der Waals surface area contributed by atoms with E-state index in [1.165, 1.54) is 13.2 Å². The van der Waals surface area contributed by atoms with Crippen LogP contribution in [0.4, 0.5) is 11.4 Å². The number of aryl methyl sites for hydroxylation is 1. The fourth-order valence-electron chi connectivity index (χ4n) is 2.68. The number of carbonyl (C=O) groups is 1. The summed E-state index contributed by atoms with van der Waals surface area (Å²) in [6, 6.07) is 17.9. The largest absolute Gasteiger partial charge is 0.497 e. The predicted molar refractivity (Wildman–Crippen MR) is 114 cm³/mol. The standard InChI is InChI=1S/C21H19ClN2O4S/c1-14-10-11-16(23-21(25)15-6-5-7-17(12-15)28-2)13-20(14)29(26,27)24-19-9-4-3-8-18(19)22/h3-13,24H,1-2H3,(H,23,25). The molecular weight excluding hydrogens is 412 g/mol. The molecule has 0 spiro atoms. The molecule has 0 fully saturated rings. The van der Waals surface area contributed by atoms with E-state index in [1.54, 1.807) is 67.6 Å². The quantitative estimate of drug-likeness (QED) is 0.593. The van der Waals surface area contributed by atoms with Gasteiger partial charge in [0.15, 0.2) is 0 Å². The van der Waals surface area contributed by atoms with E-state index in [1.807, 2.05) is 0 Å². The fraction of sp³-hybridized carbons (Fsp3) is 0.0952. The van der Waals surface area contributed by atoms with E-state index in [4.69, 9.17) is 16.3 Å². The normalized spacial score (nSPS) is 11.0. The van der Waals surface area contributed by atoms with Crippen LogP contribution >= 0.6 is 11.6 Å². The highest BCUT2D eigenvalue weighted by Crippen LogP contribution is 2.27. The van der Waals surface area contributed by atoms with Crippen molar-refractivity contribution < 1.29 is 17.9 Å². The van der Waals surface area contributed by atoms with Gasteiger partial charge in [0.2, 0.25) is 0 Å². The number of sulfonamides is 1. The smallest absolute Gasteiger partial charge is 0.262 e. The van der Waals surface area contributed by atoms with Crippen molar-refractivity contribution in [2.75, 3.05) is 17.1 Å². The molecule has 0 aliphatic carbocycles. The SMILES string of the molecule is COc1cccc(C(=O)Nc2ccc(C)c(S(=O)(=O)Nc3ccccc3Cl)c2)c1. The summed E-state index contributed by atoms with van der Waals surface area (Å²) >= 11 is 6.06. The summed E-state index contributed by atoms with van der Waals surface area (Å²) in [6.07, 6.45) is 0. The topological polar surface area (TPSA) is 84.5 Å². The van der Waals surface area contributed by atoms with Crippen molar-refractivity contribution in [3.05, 3.63) is 82.9 Å². The third kappa shape index (κ3) is 4.88. The predicted octanol–water partition coefficient (Wildman–Crippen LogP) is 4.71. The number of para-hydroxylation sites is 1. The van der Waals surface area contributed by atoms with Crippen LogP contribution in [0, 0.1) is 6.92 Å². The minimum absolute atomic E-state index is 0.0425. The lowest BCUT2D eigenvalue weighted by molar-refractivity contribution is 0.102. The Balaban J connectivity index is 1.87. The molecule has 0 heterocycles. The molecule has 29 heavy (non-hydrogen) atoms. The number of halogens is 1. The minimum atomic E-state index is -3.91. The molecular formula is C21H19ClN2O4S. The Hall–Kier alpha value is -3.03. The second kappa shape index (κ2) is 8.55. The Morgan fingerprint density at radius 3 is 2.48 bits per heavy atom. The molecule has 8 heteroatoms. The summed E-state index contributed by atoms with van der Waals surface area (Å²) in [6.45, 7) is 1.68. The van der Waals surface area contributed by atoms with Gasteiger partial charge in [0, 0.05) is 11.3 Å². The maximum atomic E-state index is 12.9. The molecule has 1 amide bonds. The number of nitrogens with one attached hydrogen (secondary N) is 2. The van der Waals surface area contributed by atoms with Gasteiger partial charge in [0.1, 0.15) is 5.75 Å². The van der Waals surface area contributed by atoms with Crippen molar-refractivity contribution in [1.29, 1.82) is 0 Å². The fourth-order valence-corrected chi connectivity index (χ4v) is 4.27. The van der Waals surface area contributed by atoms with Gasteiger partial charge in [0.05, 0.1) is 22.7 Å². The number of ether oxygens (including phenoxy) is 1. The van der Waals surface area contributed by atoms with Crippen molar-refractivity contribution in [3.63, 3.8) is 0 Å². The molecule has 6 nitrogen and oxygen atoms in total. The first-order valence-electron chi connectivity index (χ1n) is 8.63. The van der Waals surface area contributed by atoms with Gasteiger partial charge in [-0.2, -0.15) is 0 Å². The van der Waals surface area contributed by atoms with Crippen LogP contribution in [-0.2, 0) is 10.0 Å². The summed E-state index contributed by atoms with van der Waals surface area (Å²) < 4.78 is 33.3. The van der Waals surface area contributed by atoms with E-state index in [0.29, 0.717) is 22.6 Å². The highest BCUT2D eigenvalue weighted by atomic mass is 35.5. The number of amides is 1. The highest BCUT2D eigenvalue weighted by molar-refractivity contribution is 7.92. The number of rotatable bonds is 6. The Bertz CT molecular complexity index is 1160. The van der Waals surface area contributed by atoms with Gasteiger partial charge in [-0.15, -0.1) is 0 Å². The average molecular weight is 431 g/mol. The van der Waals surface area contributed by atoms with Gasteiger partial charge in [-0.25, -0.2) is 8.42 Å². The van der Waals surface area contributed by atoms with Crippen LogP contribution in [-0.4, -0.2) is 21.4 Å². The van der Waals surface area contributed by atoms with Crippen LogP contribution in [0.2, 0.25) is 5.02 Å². The van der Waals surface area contributed by atoms with Crippen molar-refractivity contribution in [2.45, 2.75) is 11.8 Å². The third-order valence-corrected chi connectivity index (χ3v) is 6.02. The highest BCUT2D eigenvalue weighted by Gasteiger charge is 2.19. The maximum Gasteiger partial charge on any atom is 0.262 e. The Morgan fingerprint density at radius 2 is 1.76 bits per heavy atom. The number of benzene rings is 3. The molecule has 0 saturated carbocycles. The lowest BCUT2D eigenvalue weighted by atomic mass is 10.2. The molecule has 0 atom stereocenters. The molecule has 3 aromatic rings. The number of methoxy groups -OCH3 is 1. The van der Waals surface area contributed by atoms with Gasteiger partial charge in [-0.05, 0) is 55.0 Å². The molecule has 0 aromatic heterocycles. The van der Waals surface area contributed by atoms with Crippen LogP contribution in [0.5, 0.6) is 5.75 Å². The third-order valence-electron chi connectivity index (χ3n) is 4.19. The van der Waals surface area contributed by atoms with Gasteiger partial charge in [-0.1, -0.05) is 35.9 Å².